The van der Waals surface area contributed by atoms with Gasteiger partial charge in [0.2, 0.25) is 5.95 Å². The Morgan fingerprint density at radius 3 is 2.94 bits per heavy atom. The summed E-state index contributed by atoms with van der Waals surface area (Å²) in [6.45, 7) is 0. The molecule has 0 fully saturated rings. The lowest BCUT2D eigenvalue weighted by atomic mass is 10.1. The van der Waals surface area contributed by atoms with E-state index in [2.05, 4.69) is 28.2 Å². The highest BCUT2D eigenvalue weighted by atomic mass is 35.5. The highest BCUT2D eigenvalue weighted by Gasteiger charge is 2.12. The van der Waals surface area contributed by atoms with Crippen molar-refractivity contribution in [1.29, 1.82) is 0 Å². The van der Waals surface area contributed by atoms with Gasteiger partial charge in [-0.2, -0.15) is 0 Å². The zero-order valence-corrected chi connectivity index (χ0v) is 11.3. The van der Waals surface area contributed by atoms with Gasteiger partial charge in [-0.1, -0.05) is 29.4 Å². The second-order valence-corrected chi connectivity index (χ2v) is 5.74. The topological polar surface area (TPSA) is 51.8 Å². The Labute approximate surface area is 115 Å². The number of aryl methyl sites for hydroxylation is 2. The van der Waals surface area contributed by atoms with Crippen LogP contribution >= 0.6 is 23.4 Å². The molecule has 0 amide bonds. The maximum Gasteiger partial charge on any atom is 0.221 e. The molecule has 3 nitrogen and oxygen atoms in total. The Morgan fingerprint density at radius 1 is 1.22 bits per heavy atom. The predicted octanol–water partition coefficient (Wildman–Crippen LogP) is 3.35. The van der Waals surface area contributed by atoms with Gasteiger partial charge in [-0.15, -0.1) is 0 Å². The first-order chi connectivity index (χ1) is 8.72. The van der Waals surface area contributed by atoms with Crippen LogP contribution in [0.2, 0.25) is 5.02 Å². The highest BCUT2D eigenvalue weighted by molar-refractivity contribution is 7.99. The number of aromatic nitrogens is 2. The number of fused-ring (bicyclic) bond motifs is 1. The van der Waals surface area contributed by atoms with Crippen LogP contribution in [-0.2, 0) is 12.8 Å². The van der Waals surface area contributed by atoms with E-state index < -0.39 is 0 Å². The molecular formula is C13H12ClN3S. The van der Waals surface area contributed by atoms with E-state index >= 15 is 0 Å². The standard InChI is InChI=1S/C13H12ClN3S/c14-11-7-16-13(15)17-12(11)18-10-5-4-8-2-1-3-9(8)6-10/h4-7H,1-3H2,(H2,15,16,17). The lowest BCUT2D eigenvalue weighted by Gasteiger charge is -2.06. The molecular weight excluding hydrogens is 266 g/mol. The van der Waals surface area contributed by atoms with E-state index in [9.17, 15) is 0 Å². The summed E-state index contributed by atoms with van der Waals surface area (Å²) in [6, 6.07) is 6.54. The van der Waals surface area contributed by atoms with Crippen molar-refractivity contribution >= 4 is 29.3 Å². The largest absolute Gasteiger partial charge is 0.368 e. The number of benzene rings is 1. The van der Waals surface area contributed by atoms with E-state index in [0.29, 0.717) is 10.0 Å². The van der Waals surface area contributed by atoms with E-state index in [4.69, 9.17) is 17.3 Å². The smallest absolute Gasteiger partial charge is 0.221 e. The van der Waals surface area contributed by atoms with Crippen LogP contribution in [0.25, 0.3) is 0 Å². The molecule has 2 aromatic rings. The van der Waals surface area contributed by atoms with Crippen LogP contribution in [0, 0.1) is 0 Å². The molecule has 3 rings (SSSR count). The minimum absolute atomic E-state index is 0.253. The molecule has 0 spiro atoms. The van der Waals surface area contributed by atoms with Gasteiger partial charge in [0.15, 0.2) is 0 Å². The van der Waals surface area contributed by atoms with Crippen molar-refractivity contribution in [2.24, 2.45) is 0 Å². The highest BCUT2D eigenvalue weighted by Crippen LogP contribution is 2.34. The Hall–Kier alpha value is -1.26. The number of hydrogen-bond donors (Lipinski definition) is 1. The van der Waals surface area contributed by atoms with E-state index in [1.54, 1.807) is 6.20 Å². The average Bonchev–Trinajstić information content (AvgIpc) is 2.81. The van der Waals surface area contributed by atoms with E-state index in [-0.39, 0.29) is 5.95 Å². The lowest BCUT2D eigenvalue weighted by molar-refractivity contribution is 0.911. The fraction of sp³-hybridized carbons (Fsp3) is 0.231. The van der Waals surface area contributed by atoms with Gasteiger partial charge >= 0.3 is 0 Å². The molecule has 0 unspecified atom stereocenters. The molecule has 5 heteroatoms. The number of nitrogens with two attached hydrogens (primary N) is 1. The molecule has 18 heavy (non-hydrogen) atoms. The molecule has 1 aromatic carbocycles. The van der Waals surface area contributed by atoms with Crippen LogP contribution in [0.3, 0.4) is 0 Å². The Bertz CT molecular complexity index is 601. The van der Waals surface area contributed by atoms with E-state index in [1.807, 2.05) is 0 Å². The zero-order chi connectivity index (χ0) is 12.5. The molecule has 0 radical (unpaired) electrons. The van der Waals surface area contributed by atoms with Crippen LogP contribution in [-0.4, -0.2) is 9.97 Å². The van der Waals surface area contributed by atoms with Crippen LogP contribution < -0.4 is 5.73 Å². The van der Waals surface area contributed by atoms with Gasteiger partial charge in [-0.05, 0) is 42.5 Å². The van der Waals surface area contributed by atoms with Gasteiger partial charge in [-0.3, -0.25) is 0 Å². The normalized spacial score (nSPS) is 13.6. The minimum atomic E-state index is 0.253. The predicted molar refractivity (Wildman–Crippen MR) is 74.0 cm³/mol. The molecule has 92 valence electrons. The summed E-state index contributed by atoms with van der Waals surface area (Å²) >= 11 is 7.59. The maximum atomic E-state index is 6.06. The number of nitrogen functional groups attached to an aromatic ring is 1. The molecule has 0 atom stereocenters. The summed E-state index contributed by atoms with van der Waals surface area (Å²) in [7, 11) is 0. The molecule has 0 saturated carbocycles. The summed E-state index contributed by atoms with van der Waals surface area (Å²) in [6.07, 6.45) is 5.16. The van der Waals surface area contributed by atoms with Crippen molar-refractivity contribution < 1.29 is 0 Å². The summed E-state index contributed by atoms with van der Waals surface area (Å²) in [4.78, 5) is 9.17. The Morgan fingerprint density at radius 2 is 2.06 bits per heavy atom. The third-order valence-corrected chi connectivity index (χ3v) is 4.40. The van der Waals surface area contributed by atoms with Crippen LogP contribution in [0.15, 0.2) is 34.3 Å². The average molecular weight is 278 g/mol. The van der Waals surface area contributed by atoms with Crippen molar-refractivity contribution in [1.82, 2.24) is 9.97 Å². The van der Waals surface area contributed by atoms with Crippen LogP contribution in [0.1, 0.15) is 17.5 Å². The fourth-order valence-electron chi connectivity index (χ4n) is 2.16. The number of hydrogen-bond acceptors (Lipinski definition) is 4. The molecule has 1 aromatic heterocycles. The number of nitrogens with zero attached hydrogens (tertiary/aromatic N) is 2. The number of rotatable bonds is 2. The van der Waals surface area contributed by atoms with Crippen molar-refractivity contribution in [2.75, 3.05) is 5.73 Å². The third kappa shape index (κ3) is 2.31. The molecule has 1 aliphatic carbocycles. The monoisotopic (exact) mass is 277 g/mol. The Kier molecular flexibility index (Phi) is 3.14. The van der Waals surface area contributed by atoms with Gasteiger partial charge in [0.25, 0.3) is 0 Å². The van der Waals surface area contributed by atoms with Crippen molar-refractivity contribution in [3.05, 3.63) is 40.5 Å². The minimum Gasteiger partial charge on any atom is -0.368 e. The second kappa shape index (κ2) is 4.78. The number of halogens is 1. The van der Waals surface area contributed by atoms with E-state index in [1.165, 1.54) is 42.2 Å². The second-order valence-electron chi connectivity index (χ2n) is 4.27. The first-order valence-corrected chi connectivity index (χ1v) is 6.99. The van der Waals surface area contributed by atoms with Gasteiger partial charge < -0.3 is 5.73 Å². The summed E-state index contributed by atoms with van der Waals surface area (Å²) < 4.78 is 0. The first kappa shape index (κ1) is 11.8. The lowest BCUT2D eigenvalue weighted by Crippen LogP contribution is -1.95. The molecule has 2 N–H and O–H groups in total. The third-order valence-electron chi connectivity index (χ3n) is 3.02. The van der Waals surface area contributed by atoms with Crippen LogP contribution in [0.4, 0.5) is 5.95 Å². The fourth-order valence-corrected chi connectivity index (χ4v) is 3.22. The molecule has 1 heterocycles. The van der Waals surface area contributed by atoms with E-state index in [0.717, 1.165) is 4.90 Å². The molecule has 0 aliphatic heterocycles. The SMILES string of the molecule is Nc1ncc(Cl)c(Sc2ccc3c(c2)CCC3)n1. The first-order valence-electron chi connectivity index (χ1n) is 5.80. The van der Waals surface area contributed by atoms with Crippen LogP contribution in [0.5, 0.6) is 0 Å². The van der Waals surface area contributed by atoms with Gasteiger partial charge in [0.05, 0.1) is 11.2 Å². The maximum absolute atomic E-state index is 6.06. The van der Waals surface area contributed by atoms with Crippen molar-refractivity contribution in [2.45, 2.75) is 29.2 Å². The van der Waals surface area contributed by atoms with Crippen molar-refractivity contribution in [3.8, 4) is 0 Å². The Balaban J connectivity index is 1.90. The van der Waals surface area contributed by atoms with Gasteiger partial charge in [-0.25, -0.2) is 9.97 Å². The number of anilines is 1. The molecule has 1 aliphatic rings. The zero-order valence-electron chi connectivity index (χ0n) is 9.69. The quantitative estimate of drug-likeness (QED) is 0.856. The summed E-state index contributed by atoms with van der Waals surface area (Å²) in [5.74, 6) is 0.253. The molecule has 0 bridgehead atoms. The summed E-state index contributed by atoms with van der Waals surface area (Å²) in [5.41, 5.74) is 8.49. The van der Waals surface area contributed by atoms with Crippen molar-refractivity contribution in [3.63, 3.8) is 0 Å². The summed E-state index contributed by atoms with van der Waals surface area (Å²) in [5, 5.41) is 1.25. The molecule has 0 saturated heterocycles. The van der Waals surface area contributed by atoms with Gasteiger partial charge in [0.1, 0.15) is 5.03 Å². The van der Waals surface area contributed by atoms with Gasteiger partial charge in [0, 0.05) is 4.90 Å².